The first-order chi connectivity index (χ1) is 9.47. The molecule has 20 heavy (non-hydrogen) atoms. The van der Waals surface area contributed by atoms with E-state index in [0.29, 0.717) is 18.2 Å². The molecular weight excluding hydrogens is 248 g/mol. The van der Waals surface area contributed by atoms with E-state index in [1.165, 1.54) is 5.56 Å². The van der Waals surface area contributed by atoms with E-state index >= 15 is 0 Å². The number of nitrogens with two attached hydrogens (primary N) is 1. The number of aromatic nitrogens is 2. The molecule has 0 radical (unpaired) electrons. The van der Waals surface area contributed by atoms with E-state index in [2.05, 4.69) is 60.0 Å². The van der Waals surface area contributed by atoms with Crippen LogP contribution in [0, 0.1) is 0 Å². The predicted molar refractivity (Wildman–Crippen MR) is 81.6 cm³/mol. The average molecular weight is 268 g/mol. The summed E-state index contributed by atoms with van der Waals surface area (Å²) >= 11 is 0. The molecular formula is C16H20N4. The molecule has 4 heteroatoms. The van der Waals surface area contributed by atoms with Crippen LogP contribution in [0.5, 0.6) is 0 Å². The van der Waals surface area contributed by atoms with Crippen molar-refractivity contribution in [3.63, 3.8) is 0 Å². The number of hydrogen-bond acceptors (Lipinski definition) is 3. The van der Waals surface area contributed by atoms with Crippen molar-refractivity contribution in [2.24, 2.45) is 10.7 Å². The summed E-state index contributed by atoms with van der Waals surface area (Å²) in [4.78, 5) is 12.5. The third kappa shape index (κ3) is 3.63. The second-order valence-corrected chi connectivity index (χ2v) is 5.72. The molecule has 0 saturated heterocycles. The lowest BCUT2D eigenvalue weighted by molar-refractivity contribution is 0.590. The Morgan fingerprint density at radius 1 is 1.10 bits per heavy atom. The molecule has 1 aromatic heterocycles. The molecule has 0 aliphatic heterocycles. The van der Waals surface area contributed by atoms with Gasteiger partial charge in [0.15, 0.2) is 11.7 Å². The molecule has 4 nitrogen and oxygen atoms in total. The van der Waals surface area contributed by atoms with E-state index in [0.717, 1.165) is 5.56 Å². The molecule has 0 aliphatic carbocycles. The van der Waals surface area contributed by atoms with Gasteiger partial charge in [-0.15, -0.1) is 0 Å². The lowest BCUT2D eigenvalue weighted by Crippen LogP contribution is -2.17. The Morgan fingerprint density at radius 3 is 2.25 bits per heavy atom. The summed E-state index contributed by atoms with van der Waals surface area (Å²) in [5.74, 6) is 0.837. The Kier molecular flexibility index (Phi) is 4.13. The molecule has 0 bridgehead atoms. The molecule has 0 fully saturated rings. The third-order valence-corrected chi connectivity index (χ3v) is 3.05. The van der Waals surface area contributed by atoms with Gasteiger partial charge in [0.05, 0.1) is 6.54 Å². The van der Waals surface area contributed by atoms with Crippen molar-refractivity contribution in [2.75, 3.05) is 0 Å². The highest BCUT2D eigenvalue weighted by atomic mass is 15.0. The fourth-order valence-electron chi connectivity index (χ4n) is 1.79. The van der Waals surface area contributed by atoms with E-state index in [-0.39, 0.29) is 5.41 Å². The number of benzene rings is 1. The van der Waals surface area contributed by atoms with Crippen LogP contribution in [0.25, 0.3) is 0 Å². The Balaban J connectivity index is 2.08. The van der Waals surface area contributed by atoms with Crippen molar-refractivity contribution in [1.82, 2.24) is 9.97 Å². The quantitative estimate of drug-likeness (QED) is 0.687. The number of amidine groups is 1. The van der Waals surface area contributed by atoms with Crippen molar-refractivity contribution in [1.29, 1.82) is 0 Å². The van der Waals surface area contributed by atoms with Gasteiger partial charge in [-0.25, -0.2) is 9.97 Å². The molecule has 104 valence electrons. The van der Waals surface area contributed by atoms with E-state index in [1.807, 2.05) is 0 Å². The fraction of sp³-hybridized carbons (Fsp3) is 0.312. The average Bonchev–Trinajstić information content (AvgIpc) is 2.45. The highest BCUT2D eigenvalue weighted by Crippen LogP contribution is 2.22. The van der Waals surface area contributed by atoms with Gasteiger partial charge < -0.3 is 5.73 Å². The highest BCUT2D eigenvalue weighted by molar-refractivity contribution is 5.93. The summed E-state index contributed by atoms with van der Waals surface area (Å²) in [5.41, 5.74) is 8.46. The summed E-state index contributed by atoms with van der Waals surface area (Å²) in [5, 5.41) is 0. The van der Waals surface area contributed by atoms with Gasteiger partial charge in [-0.2, -0.15) is 0 Å². The lowest BCUT2D eigenvalue weighted by Gasteiger charge is -2.18. The first kappa shape index (κ1) is 14.2. The summed E-state index contributed by atoms with van der Waals surface area (Å²) in [7, 11) is 0. The molecule has 0 amide bonds. The Hall–Kier alpha value is -2.23. The number of hydrogen-bond donors (Lipinski definition) is 1. The minimum Gasteiger partial charge on any atom is -0.381 e. The summed E-state index contributed by atoms with van der Waals surface area (Å²) < 4.78 is 0. The van der Waals surface area contributed by atoms with Crippen LogP contribution in [0.2, 0.25) is 0 Å². The zero-order valence-electron chi connectivity index (χ0n) is 12.2. The molecule has 0 saturated carbocycles. The first-order valence-electron chi connectivity index (χ1n) is 6.63. The van der Waals surface area contributed by atoms with E-state index < -0.39 is 0 Å². The summed E-state index contributed by atoms with van der Waals surface area (Å²) in [6.45, 7) is 7.13. The summed E-state index contributed by atoms with van der Waals surface area (Å²) in [6.07, 6.45) is 3.31. The zero-order valence-corrected chi connectivity index (χ0v) is 12.2. The maximum atomic E-state index is 5.87. The van der Waals surface area contributed by atoms with E-state index in [1.54, 1.807) is 18.5 Å². The van der Waals surface area contributed by atoms with Gasteiger partial charge in [-0.1, -0.05) is 45.0 Å². The van der Waals surface area contributed by atoms with Crippen LogP contribution in [0.4, 0.5) is 0 Å². The molecule has 2 N–H and O–H groups in total. The second kappa shape index (κ2) is 5.82. The minimum atomic E-state index is 0.165. The Bertz CT molecular complexity index is 580. The van der Waals surface area contributed by atoms with Crippen LogP contribution in [-0.2, 0) is 12.0 Å². The van der Waals surface area contributed by atoms with Gasteiger partial charge in [-0.05, 0) is 22.6 Å². The van der Waals surface area contributed by atoms with Gasteiger partial charge in [0.1, 0.15) is 0 Å². The largest absolute Gasteiger partial charge is 0.381 e. The maximum absolute atomic E-state index is 5.87. The smallest absolute Gasteiger partial charge is 0.194 e. The number of aliphatic imine (C=N–C) groups is 1. The molecule has 0 aliphatic rings. The fourth-order valence-corrected chi connectivity index (χ4v) is 1.79. The normalized spacial score (nSPS) is 12.4. The monoisotopic (exact) mass is 268 g/mol. The lowest BCUT2D eigenvalue weighted by atomic mass is 9.87. The van der Waals surface area contributed by atoms with Crippen molar-refractivity contribution >= 4 is 5.84 Å². The SMILES string of the molecule is CC(C)(C)c1ccc(CN=C(N)c2ncccn2)cc1. The van der Waals surface area contributed by atoms with Crippen LogP contribution < -0.4 is 5.73 Å². The molecule has 1 aromatic carbocycles. The third-order valence-electron chi connectivity index (χ3n) is 3.05. The number of rotatable bonds is 3. The van der Waals surface area contributed by atoms with Crippen LogP contribution >= 0.6 is 0 Å². The van der Waals surface area contributed by atoms with Crippen LogP contribution in [-0.4, -0.2) is 15.8 Å². The molecule has 0 unspecified atom stereocenters. The van der Waals surface area contributed by atoms with Crippen LogP contribution in [0.1, 0.15) is 37.7 Å². The molecule has 0 atom stereocenters. The summed E-state index contributed by atoms with van der Waals surface area (Å²) in [6, 6.07) is 10.2. The van der Waals surface area contributed by atoms with Crippen molar-refractivity contribution in [2.45, 2.75) is 32.7 Å². The highest BCUT2D eigenvalue weighted by Gasteiger charge is 2.12. The minimum absolute atomic E-state index is 0.165. The topological polar surface area (TPSA) is 64.2 Å². The van der Waals surface area contributed by atoms with Crippen LogP contribution in [0.15, 0.2) is 47.7 Å². The number of nitrogens with zero attached hydrogens (tertiary/aromatic N) is 3. The Morgan fingerprint density at radius 2 is 1.70 bits per heavy atom. The van der Waals surface area contributed by atoms with Gasteiger partial charge in [-0.3, -0.25) is 4.99 Å². The molecule has 2 aromatic rings. The van der Waals surface area contributed by atoms with Crippen LogP contribution in [0.3, 0.4) is 0 Å². The van der Waals surface area contributed by atoms with Crippen molar-refractivity contribution in [3.05, 3.63) is 59.7 Å². The van der Waals surface area contributed by atoms with Gasteiger partial charge in [0.2, 0.25) is 0 Å². The van der Waals surface area contributed by atoms with Gasteiger partial charge in [0, 0.05) is 12.4 Å². The van der Waals surface area contributed by atoms with Gasteiger partial charge >= 0.3 is 0 Å². The second-order valence-electron chi connectivity index (χ2n) is 5.72. The van der Waals surface area contributed by atoms with E-state index in [9.17, 15) is 0 Å². The zero-order chi connectivity index (χ0) is 14.6. The Labute approximate surface area is 119 Å². The predicted octanol–water partition coefficient (Wildman–Crippen LogP) is 2.68. The standard InChI is InChI=1S/C16H20N4/c1-16(2,3)13-7-5-12(6-8-13)11-20-14(17)15-18-9-4-10-19-15/h4-10H,11H2,1-3H3,(H2,17,20). The first-order valence-corrected chi connectivity index (χ1v) is 6.63. The van der Waals surface area contributed by atoms with Crippen molar-refractivity contribution in [3.8, 4) is 0 Å². The maximum Gasteiger partial charge on any atom is 0.194 e. The van der Waals surface area contributed by atoms with Gasteiger partial charge in [0.25, 0.3) is 0 Å². The molecule has 1 heterocycles. The molecule has 2 rings (SSSR count). The molecule has 0 spiro atoms. The van der Waals surface area contributed by atoms with Crippen molar-refractivity contribution < 1.29 is 0 Å². The van der Waals surface area contributed by atoms with E-state index in [4.69, 9.17) is 5.73 Å².